The van der Waals surface area contributed by atoms with Crippen LogP contribution in [0.1, 0.15) is 17.7 Å². The molecule has 2 aliphatic heterocycles. The number of carbonyl (C=O) groups excluding carboxylic acids is 1. The number of amides is 1. The van der Waals surface area contributed by atoms with Gasteiger partial charge in [0.05, 0.1) is 0 Å². The van der Waals surface area contributed by atoms with Crippen molar-refractivity contribution in [3.05, 3.63) is 17.0 Å². The third-order valence-corrected chi connectivity index (χ3v) is 7.43. The van der Waals surface area contributed by atoms with E-state index in [9.17, 15) is 13.2 Å². The Labute approximate surface area is 134 Å². The number of sulfonamides is 1. The molecule has 1 atom stereocenters. The van der Waals surface area contributed by atoms with Gasteiger partial charge in [-0.3, -0.25) is 4.79 Å². The number of nitrogens with zero attached hydrogens (tertiary/aromatic N) is 2. The molecule has 0 N–H and O–H groups in total. The third kappa shape index (κ3) is 3.05. The first-order valence-electron chi connectivity index (χ1n) is 7.45. The van der Waals surface area contributed by atoms with Crippen molar-refractivity contribution in [3.8, 4) is 0 Å². The fourth-order valence-corrected chi connectivity index (χ4v) is 5.66. The highest BCUT2D eigenvalue weighted by Gasteiger charge is 2.34. The zero-order valence-corrected chi connectivity index (χ0v) is 14.2. The summed E-state index contributed by atoms with van der Waals surface area (Å²) in [5.74, 6) is 0.00140. The smallest absolute Gasteiger partial charge is 0.252 e. The summed E-state index contributed by atoms with van der Waals surface area (Å²) in [6.45, 7) is 4.09. The van der Waals surface area contributed by atoms with E-state index in [4.69, 9.17) is 4.74 Å². The van der Waals surface area contributed by atoms with Crippen molar-refractivity contribution in [2.75, 3.05) is 32.8 Å². The Hall–Kier alpha value is -0.960. The second kappa shape index (κ2) is 6.27. The van der Waals surface area contributed by atoms with Crippen LogP contribution in [0.15, 0.2) is 16.3 Å². The Bertz CT molecular complexity index is 642. The first-order valence-corrected chi connectivity index (χ1v) is 9.71. The lowest BCUT2D eigenvalue weighted by Crippen LogP contribution is -2.52. The summed E-state index contributed by atoms with van der Waals surface area (Å²) in [6.07, 6.45) is 1.36. The maximum atomic E-state index is 12.5. The number of aryl methyl sites for hydroxylation is 1. The molecule has 2 saturated heterocycles. The highest BCUT2D eigenvalue weighted by Crippen LogP contribution is 2.25. The average Bonchev–Trinajstić information content (AvgIpc) is 3.18. The molecule has 1 aromatic rings. The Morgan fingerprint density at radius 2 is 2.00 bits per heavy atom. The van der Waals surface area contributed by atoms with Gasteiger partial charge in [0.15, 0.2) is 0 Å². The molecule has 0 bridgehead atoms. The highest BCUT2D eigenvalue weighted by molar-refractivity contribution is 7.91. The summed E-state index contributed by atoms with van der Waals surface area (Å²) in [5, 5.41) is 0. The lowest BCUT2D eigenvalue weighted by Gasteiger charge is -2.34. The van der Waals surface area contributed by atoms with Crippen LogP contribution in [0.5, 0.6) is 0 Å². The molecule has 8 heteroatoms. The molecule has 22 heavy (non-hydrogen) atoms. The van der Waals surface area contributed by atoms with E-state index in [0.29, 0.717) is 37.0 Å². The molecule has 2 aliphatic rings. The number of thiophene rings is 1. The molecule has 3 heterocycles. The van der Waals surface area contributed by atoms with Crippen molar-refractivity contribution in [2.24, 2.45) is 0 Å². The second-order valence-electron chi connectivity index (χ2n) is 5.60. The van der Waals surface area contributed by atoms with E-state index in [1.165, 1.54) is 15.6 Å². The predicted octanol–water partition coefficient (Wildman–Crippen LogP) is 1.07. The lowest BCUT2D eigenvalue weighted by atomic mass is 10.2. The van der Waals surface area contributed by atoms with Crippen LogP contribution in [0.3, 0.4) is 0 Å². The fourth-order valence-electron chi connectivity index (χ4n) is 2.80. The molecule has 3 rings (SSSR count). The van der Waals surface area contributed by atoms with Crippen molar-refractivity contribution in [1.82, 2.24) is 9.21 Å². The molecule has 122 valence electrons. The van der Waals surface area contributed by atoms with Crippen LogP contribution >= 0.6 is 11.3 Å². The van der Waals surface area contributed by atoms with Crippen molar-refractivity contribution < 1.29 is 17.9 Å². The highest BCUT2D eigenvalue weighted by atomic mass is 32.2. The van der Waals surface area contributed by atoms with E-state index in [1.54, 1.807) is 11.0 Å². The van der Waals surface area contributed by atoms with Crippen LogP contribution in [0, 0.1) is 6.92 Å². The van der Waals surface area contributed by atoms with E-state index in [0.717, 1.165) is 17.7 Å². The Balaban J connectivity index is 1.63. The van der Waals surface area contributed by atoms with Gasteiger partial charge in [-0.1, -0.05) is 0 Å². The van der Waals surface area contributed by atoms with E-state index in [1.807, 2.05) is 13.0 Å². The summed E-state index contributed by atoms with van der Waals surface area (Å²) in [6, 6.07) is 3.47. The normalized spacial score (nSPS) is 23.9. The van der Waals surface area contributed by atoms with Crippen LogP contribution < -0.4 is 0 Å². The van der Waals surface area contributed by atoms with Gasteiger partial charge in [0.2, 0.25) is 0 Å². The van der Waals surface area contributed by atoms with Gasteiger partial charge >= 0.3 is 0 Å². The number of piperazine rings is 1. The lowest BCUT2D eigenvalue weighted by molar-refractivity contribution is -0.142. The Kier molecular flexibility index (Phi) is 4.54. The van der Waals surface area contributed by atoms with Crippen LogP contribution in [0.2, 0.25) is 0 Å². The molecule has 1 unspecified atom stereocenters. The Morgan fingerprint density at radius 1 is 1.27 bits per heavy atom. The largest absolute Gasteiger partial charge is 0.368 e. The Morgan fingerprint density at radius 3 is 2.55 bits per heavy atom. The summed E-state index contributed by atoms with van der Waals surface area (Å²) in [7, 11) is -3.43. The molecule has 0 aliphatic carbocycles. The van der Waals surface area contributed by atoms with Gasteiger partial charge in [-0.15, -0.1) is 11.3 Å². The van der Waals surface area contributed by atoms with Crippen LogP contribution in [-0.2, 0) is 19.6 Å². The predicted molar refractivity (Wildman–Crippen MR) is 83.4 cm³/mol. The van der Waals surface area contributed by atoms with Crippen molar-refractivity contribution in [3.63, 3.8) is 0 Å². The maximum absolute atomic E-state index is 12.5. The summed E-state index contributed by atoms with van der Waals surface area (Å²) >= 11 is 1.29. The molecule has 1 aromatic heterocycles. The van der Waals surface area contributed by atoms with E-state index >= 15 is 0 Å². The number of rotatable bonds is 3. The maximum Gasteiger partial charge on any atom is 0.252 e. The van der Waals surface area contributed by atoms with E-state index in [2.05, 4.69) is 0 Å². The van der Waals surface area contributed by atoms with Crippen LogP contribution in [0.4, 0.5) is 0 Å². The van der Waals surface area contributed by atoms with Crippen molar-refractivity contribution in [1.29, 1.82) is 0 Å². The minimum absolute atomic E-state index is 0.00140. The van der Waals surface area contributed by atoms with Gasteiger partial charge in [-0.2, -0.15) is 4.31 Å². The SMILES string of the molecule is Cc1ccc(S(=O)(=O)N2CCN(C(=O)C3CCCO3)CC2)s1. The molecule has 6 nitrogen and oxygen atoms in total. The number of hydrogen-bond acceptors (Lipinski definition) is 5. The molecule has 0 saturated carbocycles. The first kappa shape index (κ1) is 15.9. The van der Waals surface area contributed by atoms with Crippen LogP contribution in [-0.4, -0.2) is 62.4 Å². The quantitative estimate of drug-likeness (QED) is 0.823. The van der Waals surface area contributed by atoms with Crippen LogP contribution in [0.25, 0.3) is 0 Å². The topological polar surface area (TPSA) is 66.9 Å². The second-order valence-corrected chi connectivity index (χ2v) is 9.05. The van der Waals surface area contributed by atoms with Gasteiger partial charge < -0.3 is 9.64 Å². The molecule has 2 fully saturated rings. The molecule has 0 spiro atoms. The van der Waals surface area contributed by atoms with Gasteiger partial charge in [0, 0.05) is 37.7 Å². The monoisotopic (exact) mass is 344 g/mol. The van der Waals surface area contributed by atoms with Gasteiger partial charge in [0.25, 0.3) is 15.9 Å². The fraction of sp³-hybridized carbons (Fsp3) is 0.643. The van der Waals surface area contributed by atoms with Gasteiger partial charge in [-0.05, 0) is 31.9 Å². The molecule has 1 amide bonds. The summed E-state index contributed by atoms with van der Waals surface area (Å²) in [5.41, 5.74) is 0. The molecule has 0 aromatic carbocycles. The zero-order valence-electron chi connectivity index (χ0n) is 12.5. The summed E-state index contributed by atoms with van der Waals surface area (Å²) in [4.78, 5) is 15.0. The average molecular weight is 344 g/mol. The molecular weight excluding hydrogens is 324 g/mol. The van der Waals surface area contributed by atoms with E-state index in [-0.39, 0.29) is 12.0 Å². The van der Waals surface area contributed by atoms with Gasteiger partial charge in [0.1, 0.15) is 10.3 Å². The zero-order chi connectivity index (χ0) is 15.7. The number of carbonyl (C=O) groups is 1. The standard InChI is InChI=1S/C14H20N2O4S2/c1-11-4-5-13(21-11)22(18,19)16-8-6-15(7-9-16)14(17)12-3-2-10-20-12/h4-5,12H,2-3,6-10H2,1H3. The van der Waals surface area contributed by atoms with Crippen molar-refractivity contribution in [2.45, 2.75) is 30.1 Å². The minimum Gasteiger partial charge on any atom is -0.368 e. The molecular formula is C14H20N2O4S2. The van der Waals surface area contributed by atoms with Gasteiger partial charge in [-0.25, -0.2) is 8.42 Å². The molecule has 0 radical (unpaired) electrons. The van der Waals surface area contributed by atoms with E-state index < -0.39 is 10.0 Å². The minimum atomic E-state index is -3.43. The van der Waals surface area contributed by atoms with Crippen molar-refractivity contribution >= 4 is 27.3 Å². The third-order valence-electron chi connectivity index (χ3n) is 4.07. The summed E-state index contributed by atoms with van der Waals surface area (Å²) < 4.78 is 32.3. The number of hydrogen-bond donors (Lipinski definition) is 0. The number of ether oxygens (including phenoxy) is 1. The first-order chi connectivity index (χ1) is 10.5.